The highest BCUT2D eigenvalue weighted by molar-refractivity contribution is 5.81. The van der Waals surface area contributed by atoms with Crippen LogP contribution in [0.25, 0.3) is 0 Å². The van der Waals surface area contributed by atoms with Gasteiger partial charge in [-0.1, -0.05) is 19.3 Å². The number of aromatic nitrogens is 2. The number of rotatable bonds is 5. The first-order valence-electron chi connectivity index (χ1n) is 7.05. The second kappa shape index (κ2) is 6.07. The van der Waals surface area contributed by atoms with Crippen molar-refractivity contribution in [3.8, 4) is 0 Å². The Bertz CT molecular complexity index is 464. The van der Waals surface area contributed by atoms with Crippen molar-refractivity contribution in [1.29, 1.82) is 0 Å². The van der Waals surface area contributed by atoms with Crippen LogP contribution in [0.5, 0.6) is 0 Å². The van der Waals surface area contributed by atoms with Crippen molar-refractivity contribution >= 4 is 11.9 Å². The lowest BCUT2D eigenvalue weighted by molar-refractivity contribution is -0.139. The molecular formula is C14H21N3O3. The molecule has 0 saturated heterocycles. The number of carbonyl (C=O) groups excluding carboxylic acids is 1. The Morgan fingerprint density at radius 1 is 1.40 bits per heavy atom. The van der Waals surface area contributed by atoms with Gasteiger partial charge in [0.2, 0.25) is 5.91 Å². The fourth-order valence-corrected chi connectivity index (χ4v) is 2.86. The average Bonchev–Trinajstić information content (AvgIpc) is 2.91. The quantitative estimate of drug-likeness (QED) is 0.859. The van der Waals surface area contributed by atoms with Crippen molar-refractivity contribution in [1.82, 2.24) is 15.1 Å². The van der Waals surface area contributed by atoms with Gasteiger partial charge in [0.05, 0.1) is 12.0 Å². The van der Waals surface area contributed by atoms with Crippen LogP contribution < -0.4 is 5.32 Å². The molecule has 0 aliphatic heterocycles. The zero-order valence-corrected chi connectivity index (χ0v) is 11.7. The average molecular weight is 279 g/mol. The molecule has 6 nitrogen and oxygen atoms in total. The monoisotopic (exact) mass is 279 g/mol. The second-order valence-corrected chi connectivity index (χ2v) is 5.56. The van der Waals surface area contributed by atoms with E-state index in [2.05, 4.69) is 10.4 Å². The molecule has 0 aromatic carbocycles. The van der Waals surface area contributed by atoms with Crippen LogP contribution in [0.4, 0.5) is 0 Å². The van der Waals surface area contributed by atoms with E-state index in [0.29, 0.717) is 0 Å². The van der Waals surface area contributed by atoms with Gasteiger partial charge in [0.1, 0.15) is 6.04 Å². The lowest BCUT2D eigenvalue weighted by Gasteiger charge is -2.37. The van der Waals surface area contributed by atoms with Crippen LogP contribution in [-0.2, 0) is 9.59 Å². The van der Waals surface area contributed by atoms with E-state index in [-0.39, 0.29) is 12.3 Å². The van der Waals surface area contributed by atoms with Crippen molar-refractivity contribution in [3.63, 3.8) is 0 Å². The molecule has 0 radical (unpaired) electrons. The van der Waals surface area contributed by atoms with Crippen molar-refractivity contribution in [2.45, 2.75) is 57.0 Å². The number of hydrogen-bond donors (Lipinski definition) is 2. The molecule has 6 heteroatoms. The SMILES string of the molecule is CC(C(=O)NC1(CC(=O)O)CCCCC1)n1cccn1. The maximum Gasteiger partial charge on any atom is 0.305 e. The van der Waals surface area contributed by atoms with Crippen molar-refractivity contribution in [2.75, 3.05) is 0 Å². The second-order valence-electron chi connectivity index (χ2n) is 5.56. The summed E-state index contributed by atoms with van der Waals surface area (Å²) in [7, 11) is 0. The van der Waals surface area contributed by atoms with Gasteiger partial charge in [-0.15, -0.1) is 0 Å². The van der Waals surface area contributed by atoms with E-state index in [0.717, 1.165) is 32.1 Å². The van der Waals surface area contributed by atoms with Gasteiger partial charge in [-0.2, -0.15) is 5.10 Å². The number of nitrogens with one attached hydrogen (secondary N) is 1. The predicted molar refractivity (Wildman–Crippen MR) is 73.1 cm³/mol. The van der Waals surface area contributed by atoms with Gasteiger partial charge in [0.25, 0.3) is 0 Å². The Morgan fingerprint density at radius 2 is 2.10 bits per heavy atom. The number of hydrogen-bond acceptors (Lipinski definition) is 3. The summed E-state index contributed by atoms with van der Waals surface area (Å²) in [6, 6.07) is 1.33. The van der Waals surface area contributed by atoms with Gasteiger partial charge in [-0.3, -0.25) is 14.3 Å². The molecule has 110 valence electrons. The molecule has 20 heavy (non-hydrogen) atoms. The Balaban J connectivity index is 2.07. The third-order valence-corrected chi connectivity index (χ3v) is 3.99. The molecule has 1 amide bonds. The molecule has 0 spiro atoms. The van der Waals surface area contributed by atoms with E-state index in [1.807, 2.05) is 0 Å². The van der Waals surface area contributed by atoms with Crippen LogP contribution in [0.2, 0.25) is 0 Å². The van der Waals surface area contributed by atoms with Crippen LogP contribution in [0.1, 0.15) is 51.5 Å². The van der Waals surface area contributed by atoms with Crippen LogP contribution in [-0.4, -0.2) is 32.3 Å². The molecule has 1 aliphatic carbocycles. The lowest BCUT2D eigenvalue weighted by atomic mass is 9.79. The number of carboxylic acids is 1. The minimum absolute atomic E-state index is 0.00936. The van der Waals surface area contributed by atoms with E-state index in [9.17, 15) is 9.59 Å². The van der Waals surface area contributed by atoms with Gasteiger partial charge in [-0.05, 0) is 25.8 Å². The molecule has 1 fully saturated rings. The summed E-state index contributed by atoms with van der Waals surface area (Å²) in [5, 5.41) is 16.1. The Hall–Kier alpha value is -1.85. The topological polar surface area (TPSA) is 84.2 Å². The largest absolute Gasteiger partial charge is 0.481 e. The molecule has 1 heterocycles. The normalized spacial score (nSPS) is 19.2. The van der Waals surface area contributed by atoms with Crippen LogP contribution in [0.15, 0.2) is 18.5 Å². The fourth-order valence-electron chi connectivity index (χ4n) is 2.86. The van der Waals surface area contributed by atoms with Crippen LogP contribution >= 0.6 is 0 Å². The van der Waals surface area contributed by atoms with Crippen molar-refractivity contribution in [3.05, 3.63) is 18.5 Å². The van der Waals surface area contributed by atoms with E-state index < -0.39 is 17.6 Å². The highest BCUT2D eigenvalue weighted by atomic mass is 16.4. The summed E-state index contributed by atoms with van der Waals surface area (Å²) in [5.74, 6) is -1.03. The third-order valence-electron chi connectivity index (χ3n) is 3.99. The van der Waals surface area contributed by atoms with Crippen LogP contribution in [0, 0.1) is 0 Å². The first-order chi connectivity index (χ1) is 9.52. The molecule has 1 saturated carbocycles. The van der Waals surface area contributed by atoms with Gasteiger partial charge in [0.15, 0.2) is 0 Å². The summed E-state index contributed by atoms with van der Waals surface area (Å²) in [5.41, 5.74) is -0.595. The highest BCUT2D eigenvalue weighted by Crippen LogP contribution is 2.31. The molecule has 1 aromatic heterocycles. The summed E-state index contributed by atoms with van der Waals surface area (Å²) in [6.07, 6.45) is 7.84. The maximum atomic E-state index is 12.3. The highest BCUT2D eigenvalue weighted by Gasteiger charge is 2.36. The molecule has 1 aliphatic rings. The standard InChI is InChI=1S/C14H21N3O3/c1-11(17-9-5-8-15-17)13(20)16-14(10-12(18)19)6-3-2-4-7-14/h5,8-9,11H,2-4,6-7,10H2,1H3,(H,16,20)(H,18,19). The summed E-state index contributed by atoms with van der Waals surface area (Å²) in [4.78, 5) is 23.4. The fraction of sp³-hybridized carbons (Fsp3) is 0.643. The zero-order valence-electron chi connectivity index (χ0n) is 11.7. The van der Waals surface area contributed by atoms with Crippen molar-refractivity contribution < 1.29 is 14.7 Å². The maximum absolute atomic E-state index is 12.3. The summed E-state index contributed by atoms with van der Waals surface area (Å²) < 4.78 is 1.58. The van der Waals surface area contributed by atoms with Gasteiger partial charge < -0.3 is 10.4 Å². The number of amides is 1. The number of carbonyl (C=O) groups is 2. The van der Waals surface area contributed by atoms with E-state index >= 15 is 0 Å². The molecule has 2 N–H and O–H groups in total. The van der Waals surface area contributed by atoms with Gasteiger partial charge in [0, 0.05) is 12.4 Å². The van der Waals surface area contributed by atoms with Gasteiger partial charge in [-0.25, -0.2) is 0 Å². The lowest BCUT2D eigenvalue weighted by Crippen LogP contribution is -2.52. The van der Waals surface area contributed by atoms with E-state index in [1.165, 1.54) is 0 Å². The molecule has 1 atom stereocenters. The van der Waals surface area contributed by atoms with Crippen molar-refractivity contribution in [2.24, 2.45) is 0 Å². The molecule has 2 rings (SSSR count). The molecule has 0 bridgehead atoms. The first kappa shape index (κ1) is 14.6. The number of carboxylic acid groups (broad SMARTS) is 1. The predicted octanol–water partition coefficient (Wildman–Crippen LogP) is 1.74. The molecule has 1 aromatic rings. The Morgan fingerprint density at radius 3 is 2.65 bits per heavy atom. The van der Waals surface area contributed by atoms with Crippen LogP contribution in [0.3, 0.4) is 0 Å². The molecular weight excluding hydrogens is 258 g/mol. The first-order valence-corrected chi connectivity index (χ1v) is 7.05. The third kappa shape index (κ3) is 3.37. The number of aliphatic carboxylic acids is 1. The minimum Gasteiger partial charge on any atom is -0.481 e. The summed E-state index contributed by atoms with van der Waals surface area (Å²) in [6.45, 7) is 1.76. The Labute approximate surface area is 118 Å². The number of nitrogens with zero attached hydrogens (tertiary/aromatic N) is 2. The Kier molecular flexibility index (Phi) is 4.42. The van der Waals surface area contributed by atoms with Gasteiger partial charge >= 0.3 is 5.97 Å². The minimum atomic E-state index is -0.862. The van der Waals surface area contributed by atoms with E-state index in [4.69, 9.17) is 5.11 Å². The summed E-state index contributed by atoms with van der Waals surface area (Å²) >= 11 is 0. The zero-order chi connectivity index (χ0) is 14.6. The van der Waals surface area contributed by atoms with E-state index in [1.54, 1.807) is 30.1 Å². The smallest absolute Gasteiger partial charge is 0.305 e. The molecule has 1 unspecified atom stereocenters.